The third-order valence-electron chi connectivity index (χ3n) is 3.25. The summed E-state index contributed by atoms with van der Waals surface area (Å²) in [4.78, 5) is 8.45. The Labute approximate surface area is 89.3 Å². The molecule has 1 aromatic heterocycles. The Morgan fingerprint density at radius 2 is 2.07 bits per heavy atom. The fourth-order valence-corrected chi connectivity index (χ4v) is 2.28. The molecule has 0 bridgehead atoms. The molecule has 4 heteroatoms. The van der Waals surface area contributed by atoms with E-state index in [1.165, 1.54) is 0 Å². The molecule has 1 saturated carbocycles. The number of methoxy groups -OCH3 is 1. The Morgan fingerprint density at radius 3 is 2.67 bits per heavy atom. The number of aliphatic hydroxyl groups excluding tert-OH is 1. The average molecular weight is 208 g/mol. The molecule has 1 heterocycles. The minimum Gasteiger partial charge on any atom is -0.480 e. The van der Waals surface area contributed by atoms with Gasteiger partial charge in [-0.1, -0.05) is 6.92 Å². The maximum Gasteiger partial charge on any atom is 0.235 e. The minimum atomic E-state index is -0.221. The fraction of sp³-hybridized carbons (Fsp3) is 0.636. The smallest absolute Gasteiger partial charge is 0.235 e. The molecule has 0 aromatic carbocycles. The maximum atomic E-state index is 9.70. The van der Waals surface area contributed by atoms with Crippen LogP contribution in [0.1, 0.15) is 31.4 Å². The number of rotatable bonds is 2. The molecule has 1 N–H and O–H groups in total. The highest BCUT2D eigenvalue weighted by atomic mass is 16.5. The predicted octanol–water partition coefficient (Wildman–Crippen LogP) is 1.36. The fourth-order valence-electron chi connectivity index (χ4n) is 2.28. The molecule has 1 aliphatic rings. The van der Waals surface area contributed by atoms with E-state index in [1.807, 2.05) is 0 Å². The average Bonchev–Trinajstić information content (AvgIpc) is 2.60. The van der Waals surface area contributed by atoms with E-state index in [4.69, 9.17) is 4.74 Å². The first-order chi connectivity index (χ1) is 7.24. The van der Waals surface area contributed by atoms with Gasteiger partial charge in [0.2, 0.25) is 5.88 Å². The van der Waals surface area contributed by atoms with Crippen molar-refractivity contribution in [2.45, 2.75) is 31.8 Å². The minimum absolute atomic E-state index is 0.221. The van der Waals surface area contributed by atoms with Crippen LogP contribution in [0.5, 0.6) is 5.88 Å². The Bertz CT molecular complexity index is 343. The summed E-state index contributed by atoms with van der Waals surface area (Å²) in [7, 11) is 1.60. The van der Waals surface area contributed by atoms with E-state index in [0.29, 0.717) is 5.88 Å². The van der Waals surface area contributed by atoms with Gasteiger partial charge in [0.1, 0.15) is 5.69 Å². The van der Waals surface area contributed by atoms with Gasteiger partial charge in [-0.15, -0.1) is 0 Å². The van der Waals surface area contributed by atoms with E-state index in [0.717, 1.165) is 18.5 Å². The van der Waals surface area contributed by atoms with Gasteiger partial charge < -0.3 is 9.84 Å². The molecule has 1 fully saturated rings. The Hall–Kier alpha value is -1.16. The van der Waals surface area contributed by atoms with Gasteiger partial charge in [-0.05, 0) is 18.8 Å². The Morgan fingerprint density at radius 1 is 1.33 bits per heavy atom. The molecule has 82 valence electrons. The highest BCUT2D eigenvalue weighted by Crippen LogP contribution is 2.40. The van der Waals surface area contributed by atoms with E-state index in [-0.39, 0.29) is 17.9 Å². The molecule has 0 amide bonds. The van der Waals surface area contributed by atoms with Crippen molar-refractivity contribution in [3.05, 3.63) is 18.1 Å². The number of hydrogen-bond donors (Lipinski definition) is 1. The van der Waals surface area contributed by atoms with Gasteiger partial charge in [0.15, 0.2) is 0 Å². The lowest BCUT2D eigenvalue weighted by Gasteiger charge is -2.17. The van der Waals surface area contributed by atoms with Gasteiger partial charge in [0, 0.05) is 18.3 Å². The van der Waals surface area contributed by atoms with Crippen molar-refractivity contribution in [3.63, 3.8) is 0 Å². The van der Waals surface area contributed by atoms with Crippen LogP contribution >= 0.6 is 0 Å². The molecule has 0 radical (unpaired) electrons. The van der Waals surface area contributed by atoms with Crippen molar-refractivity contribution in [3.8, 4) is 5.88 Å². The van der Waals surface area contributed by atoms with Gasteiger partial charge in [-0.25, -0.2) is 4.98 Å². The van der Waals surface area contributed by atoms with Gasteiger partial charge in [-0.2, -0.15) is 0 Å². The molecule has 15 heavy (non-hydrogen) atoms. The molecular weight excluding hydrogens is 192 g/mol. The molecule has 1 aromatic rings. The van der Waals surface area contributed by atoms with Crippen LogP contribution in [-0.2, 0) is 0 Å². The molecule has 4 nitrogen and oxygen atoms in total. The standard InChI is InChI=1S/C11H16N2O2/c1-7-8(3-4-9(7)14)10-11(15-2)13-6-5-12-10/h5-9,14H,3-4H2,1-2H3. The first kappa shape index (κ1) is 10.4. The third kappa shape index (κ3) is 1.81. The maximum absolute atomic E-state index is 9.70. The van der Waals surface area contributed by atoms with Crippen LogP contribution in [0.3, 0.4) is 0 Å². The van der Waals surface area contributed by atoms with Crippen molar-refractivity contribution < 1.29 is 9.84 Å². The van der Waals surface area contributed by atoms with E-state index in [9.17, 15) is 5.11 Å². The van der Waals surface area contributed by atoms with Crippen LogP contribution in [-0.4, -0.2) is 28.3 Å². The van der Waals surface area contributed by atoms with Crippen LogP contribution in [0.2, 0.25) is 0 Å². The lowest BCUT2D eigenvalue weighted by atomic mass is 9.93. The zero-order chi connectivity index (χ0) is 10.8. The van der Waals surface area contributed by atoms with E-state index in [2.05, 4.69) is 16.9 Å². The lowest BCUT2D eigenvalue weighted by Crippen LogP contribution is -2.15. The SMILES string of the molecule is COc1nccnc1C1CCC(O)C1C. The number of nitrogens with zero attached hydrogens (tertiary/aromatic N) is 2. The second kappa shape index (κ2) is 4.14. The normalized spacial score (nSPS) is 30.5. The number of aromatic nitrogens is 2. The topological polar surface area (TPSA) is 55.2 Å². The molecule has 3 atom stereocenters. The Kier molecular flexibility index (Phi) is 2.86. The summed E-state index contributed by atoms with van der Waals surface area (Å²) in [5, 5.41) is 9.70. The quantitative estimate of drug-likeness (QED) is 0.797. The summed E-state index contributed by atoms with van der Waals surface area (Å²) in [5.41, 5.74) is 0.879. The van der Waals surface area contributed by atoms with Crippen molar-refractivity contribution in [1.29, 1.82) is 0 Å². The molecule has 0 aliphatic heterocycles. The second-order valence-electron chi connectivity index (χ2n) is 4.06. The summed E-state index contributed by atoms with van der Waals surface area (Å²) in [5.74, 6) is 1.09. The molecule has 0 spiro atoms. The molecule has 3 unspecified atom stereocenters. The monoisotopic (exact) mass is 208 g/mol. The van der Waals surface area contributed by atoms with Crippen LogP contribution in [0.15, 0.2) is 12.4 Å². The van der Waals surface area contributed by atoms with E-state index in [1.54, 1.807) is 19.5 Å². The van der Waals surface area contributed by atoms with Crippen LogP contribution in [0.25, 0.3) is 0 Å². The zero-order valence-electron chi connectivity index (χ0n) is 9.05. The summed E-state index contributed by atoms with van der Waals surface area (Å²) in [6, 6.07) is 0. The van der Waals surface area contributed by atoms with Crippen molar-refractivity contribution >= 4 is 0 Å². The number of ether oxygens (including phenoxy) is 1. The summed E-state index contributed by atoms with van der Waals surface area (Å²) >= 11 is 0. The highest BCUT2D eigenvalue weighted by molar-refractivity contribution is 5.23. The third-order valence-corrected chi connectivity index (χ3v) is 3.25. The first-order valence-electron chi connectivity index (χ1n) is 5.27. The zero-order valence-corrected chi connectivity index (χ0v) is 9.05. The number of hydrogen-bond acceptors (Lipinski definition) is 4. The second-order valence-corrected chi connectivity index (χ2v) is 4.06. The highest BCUT2D eigenvalue weighted by Gasteiger charge is 2.35. The largest absolute Gasteiger partial charge is 0.480 e. The van der Waals surface area contributed by atoms with Crippen molar-refractivity contribution in [1.82, 2.24) is 9.97 Å². The predicted molar refractivity (Wildman–Crippen MR) is 55.7 cm³/mol. The van der Waals surface area contributed by atoms with Gasteiger partial charge in [-0.3, -0.25) is 4.98 Å². The van der Waals surface area contributed by atoms with Gasteiger partial charge in [0.05, 0.1) is 13.2 Å². The molecular formula is C11H16N2O2. The molecule has 1 aliphatic carbocycles. The van der Waals surface area contributed by atoms with Crippen LogP contribution in [0.4, 0.5) is 0 Å². The summed E-state index contributed by atoms with van der Waals surface area (Å²) < 4.78 is 5.19. The summed E-state index contributed by atoms with van der Waals surface area (Å²) in [6.45, 7) is 2.05. The van der Waals surface area contributed by atoms with Gasteiger partial charge in [0.25, 0.3) is 0 Å². The number of aliphatic hydroxyl groups is 1. The molecule has 2 rings (SSSR count). The van der Waals surface area contributed by atoms with Crippen LogP contribution < -0.4 is 4.74 Å². The van der Waals surface area contributed by atoms with Crippen molar-refractivity contribution in [2.24, 2.45) is 5.92 Å². The van der Waals surface area contributed by atoms with Crippen molar-refractivity contribution in [2.75, 3.05) is 7.11 Å². The van der Waals surface area contributed by atoms with E-state index < -0.39 is 0 Å². The van der Waals surface area contributed by atoms with Gasteiger partial charge >= 0.3 is 0 Å². The van der Waals surface area contributed by atoms with Crippen LogP contribution in [0, 0.1) is 5.92 Å². The Balaban J connectivity index is 2.29. The first-order valence-corrected chi connectivity index (χ1v) is 5.27. The van der Waals surface area contributed by atoms with E-state index >= 15 is 0 Å². The molecule has 0 saturated heterocycles. The summed E-state index contributed by atoms with van der Waals surface area (Å²) in [6.07, 6.45) is 4.87. The lowest BCUT2D eigenvalue weighted by molar-refractivity contribution is 0.136.